The number of nitrogens with one attached hydrogen (secondary N) is 1. The monoisotopic (exact) mass is 480 g/mol. The number of nitrogens with zero attached hydrogens (tertiary/aromatic N) is 3. The molecule has 0 aliphatic carbocycles. The van der Waals surface area contributed by atoms with Crippen LogP contribution in [0.3, 0.4) is 0 Å². The van der Waals surface area contributed by atoms with Crippen LogP contribution in [0.4, 0.5) is 5.69 Å². The number of amides is 1. The maximum absolute atomic E-state index is 13.6. The second-order valence-corrected chi connectivity index (χ2v) is 10.5. The van der Waals surface area contributed by atoms with E-state index in [9.17, 15) is 13.2 Å². The van der Waals surface area contributed by atoms with Crippen molar-refractivity contribution in [1.29, 1.82) is 0 Å². The van der Waals surface area contributed by atoms with E-state index in [1.54, 1.807) is 37.5 Å². The van der Waals surface area contributed by atoms with E-state index in [2.05, 4.69) is 15.5 Å². The molecule has 0 spiro atoms. The number of aryl methyl sites for hydroxylation is 3. The number of piperidine rings is 1. The molecule has 8 nitrogen and oxygen atoms in total. The predicted octanol–water partition coefficient (Wildman–Crippen LogP) is 4.20. The average molecular weight is 481 g/mol. The fourth-order valence-corrected chi connectivity index (χ4v) is 5.86. The van der Waals surface area contributed by atoms with Gasteiger partial charge in [0.05, 0.1) is 17.8 Å². The lowest BCUT2D eigenvalue weighted by molar-refractivity contribution is -0.120. The number of benzene rings is 1. The Labute approximate surface area is 199 Å². The molecule has 1 aromatic carbocycles. The Hall–Kier alpha value is -3.30. The quantitative estimate of drug-likeness (QED) is 0.567. The molecule has 3 aromatic rings. The molecule has 1 unspecified atom stereocenters. The Kier molecular flexibility index (Phi) is 6.95. The van der Waals surface area contributed by atoms with Gasteiger partial charge in [0.2, 0.25) is 15.9 Å². The molecule has 1 amide bonds. The molecule has 34 heavy (non-hydrogen) atoms. The SMILES string of the molecule is Cc1ccc(C)c(C=Cc2onc(C)c2S(=O)(=O)N2CCCC(C(=O)Nc3cccnc3)C2)c1. The first kappa shape index (κ1) is 23.8. The van der Waals surface area contributed by atoms with E-state index in [1.165, 1.54) is 4.31 Å². The van der Waals surface area contributed by atoms with Crippen LogP contribution in [0, 0.1) is 26.7 Å². The first-order chi connectivity index (χ1) is 16.3. The van der Waals surface area contributed by atoms with Gasteiger partial charge in [-0.1, -0.05) is 35.0 Å². The normalized spacial score (nSPS) is 17.2. The Bertz CT molecular complexity index is 1320. The molecule has 9 heteroatoms. The van der Waals surface area contributed by atoms with Gasteiger partial charge in [0, 0.05) is 19.3 Å². The Morgan fingerprint density at radius 2 is 2.03 bits per heavy atom. The average Bonchev–Trinajstić information content (AvgIpc) is 3.21. The summed E-state index contributed by atoms with van der Waals surface area (Å²) >= 11 is 0. The smallest absolute Gasteiger partial charge is 0.248 e. The van der Waals surface area contributed by atoms with Gasteiger partial charge in [-0.25, -0.2) is 8.42 Å². The van der Waals surface area contributed by atoms with E-state index in [0.717, 1.165) is 16.7 Å². The van der Waals surface area contributed by atoms with Crippen molar-refractivity contribution in [1.82, 2.24) is 14.4 Å². The number of carbonyl (C=O) groups is 1. The summed E-state index contributed by atoms with van der Waals surface area (Å²) in [6.45, 7) is 6.04. The highest BCUT2D eigenvalue weighted by molar-refractivity contribution is 7.89. The van der Waals surface area contributed by atoms with E-state index >= 15 is 0 Å². The van der Waals surface area contributed by atoms with Gasteiger partial charge in [-0.15, -0.1) is 0 Å². The second kappa shape index (κ2) is 9.90. The molecule has 1 N–H and O–H groups in total. The van der Waals surface area contributed by atoms with Crippen molar-refractivity contribution in [2.45, 2.75) is 38.5 Å². The number of hydrogen-bond acceptors (Lipinski definition) is 6. The Balaban J connectivity index is 1.56. The lowest BCUT2D eigenvalue weighted by atomic mass is 9.99. The molecule has 1 fully saturated rings. The highest BCUT2D eigenvalue weighted by atomic mass is 32.2. The summed E-state index contributed by atoms with van der Waals surface area (Å²) in [5.41, 5.74) is 4.03. The zero-order valence-corrected chi connectivity index (χ0v) is 20.3. The van der Waals surface area contributed by atoms with Gasteiger partial charge in [0.15, 0.2) is 10.7 Å². The number of pyridine rings is 1. The van der Waals surface area contributed by atoms with Gasteiger partial charge in [-0.2, -0.15) is 4.31 Å². The summed E-state index contributed by atoms with van der Waals surface area (Å²) in [5, 5.41) is 6.75. The number of aromatic nitrogens is 2. The molecule has 3 heterocycles. The molecular weight excluding hydrogens is 452 g/mol. The van der Waals surface area contributed by atoms with Crippen molar-refractivity contribution in [2.24, 2.45) is 5.92 Å². The molecule has 0 saturated carbocycles. The molecule has 178 valence electrons. The molecule has 1 saturated heterocycles. The molecular formula is C25H28N4O4S. The highest BCUT2D eigenvalue weighted by Gasteiger charge is 2.37. The largest absolute Gasteiger partial charge is 0.355 e. The minimum Gasteiger partial charge on any atom is -0.355 e. The Morgan fingerprint density at radius 1 is 1.21 bits per heavy atom. The second-order valence-electron chi connectivity index (χ2n) is 8.59. The summed E-state index contributed by atoms with van der Waals surface area (Å²) in [5.74, 6) is -0.497. The number of sulfonamides is 1. The zero-order chi connectivity index (χ0) is 24.3. The maximum atomic E-state index is 13.6. The van der Waals surface area contributed by atoms with E-state index in [4.69, 9.17) is 4.52 Å². The molecule has 0 bridgehead atoms. The topological polar surface area (TPSA) is 105 Å². The van der Waals surface area contributed by atoms with E-state index in [0.29, 0.717) is 30.8 Å². The summed E-state index contributed by atoms with van der Waals surface area (Å²) in [7, 11) is -3.91. The van der Waals surface area contributed by atoms with E-state index < -0.39 is 15.9 Å². The van der Waals surface area contributed by atoms with E-state index in [-0.39, 0.29) is 23.1 Å². The van der Waals surface area contributed by atoms with Crippen molar-refractivity contribution >= 4 is 33.8 Å². The zero-order valence-electron chi connectivity index (χ0n) is 19.5. The molecule has 1 aliphatic rings. The van der Waals surface area contributed by atoms with Crippen molar-refractivity contribution in [3.8, 4) is 0 Å². The lowest BCUT2D eigenvalue weighted by Crippen LogP contribution is -2.43. The summed E-state index contributed by atoms with van der Waals surface area (Å²) in [6, 6.07) is 9.55. The fourth-order valence-electron chi connectivity index (χ4n) is 4.09. The van der Waals surface area contributed by atoms with Crippen molar-refractivity contribution < 1.29 is 17.7 Å². The van der Waals surface area contributed by atoms with Gasteiger partial charge in [-0.3, -0.25) is 9.78 Å². The third kappa shape index (κ3) is 5.10. The summed E-state index contributed by atoms with van der Waals surface area (Å²) in [4.78, 5) is 16.8. The van der Waals surface area contributed by atoms with E-state index in [1.807, 2.05) is 38.1 Å². The number of anilines is 1. The van der Waals surface area contributed by atoms with Crippen molar-refractivity contribution in [3.05, 3.63) is 70.9 Å². The third-order valence-corrected chi connectivity index (χ3v) is 7.99. The third-order valence-electron chi connectivity index (χ3n) is 5.96. The van der Waals surface area contributed by atoms with Crippen molar-refractivity contribution in [2.75, 3.05) is 18.4 Å². The molecule has 4 rings (SSSR count). The van der Waals surface area contributed by atoms with Gasteiger partial charge in [0.1, 0.15) is 5.69 Å². The number of carbonyl (C=O) groups excluding carboxylic acids is 1. The first-order valence-corrected chi connectivity index (χ1v) is 12.6. The minimum atomic E-state index is -3.91. The summed E-state index contributed by atoms with van der Waals surface area (Å²) in [6.07, 6.45) is 7.86. The predicted molar refractivity (Wildman–Crippen MR) is 130 cm³/mol. The highest BCUT2D eigenvalue weighted by Crippen LogP contribution is 2.30. The van der Waals surface area contributed by atoms with Crippen LogP contribution in [-0.2, 0) is 14.8 Å². The Morgan fingerprint density at radius 3 is 2.79 bits per heavy atom. The standard InChI is InChI=1S/C25H28N4O4S/c1-17-8-9-18(2)20(14-17)10-11-23-24(19(3)28-33-23)34(31,32)29-13-5-6-21(16-29)25(30)27-22-7-4-12-26-15-22/h4,7-12,14-15,21H,5-6,13,16H2,1-3H3,(H,27,30). The van der Waals surface area contributed by atoms with Crippen LogP contribution in [0.15, 0.2) is 52.1 Å². The van der Waals surface area contributed by atoms with Gasteiger partial charge in [-0.05, 0) is 62.9 Å². The number of hydrogen-bond donors (Lipinski definition) is 1. The van der Waals surface area contributed by atoms with Gasteiger partial charge >= 0.3 is 0 Å². The lowest BCUT2D eigenvalue weighted by Gasteiger charge is -2.31. The fraction of sp³-hybridized carbons (Fsp3) is 0.320. The van der Waals surface area contributed by atoms with Crippen LogP contribution in [0.1, 0.15) is 41.0 Å². The maximum Gasteiger partial charge on any atom is 0.248 e. The van der Waals surface area contributed by atoms with Gasteiger partial charge < -0.3 is 9.84 Å². The van der Waals surface area contributed by atoms with Crippen LogP contribution in [0.25, 0.3) is 12.2 Å². The molecule has 0 radical (unpaired) electrons. The van der Waals surface area contributed by atoms with Crippen molar-refractivity contribution in [3.63, 3.8) is 0 Å². The molecule has 1 atom stereocenters. The molecule has 2 aromatic heterocycles. The minimum absolute atomic E-state index is 0.0439. The van der Waals surface area contributed by atoms with Crippen LogP contribution < -0.4 is 5.32 Å². The summed E-state index contributed by atoms with van der Waals surface area (Å²) < 4.78 is 33.9. The number of rotatable bonds is 6. The van der Waals surface area contributed by atoms with Crippen LogP contribution in [0.2, 0.25) is 0 Å². The first-order valence-electron chi connectivity index (χ1n) is 11.2. The van der Waals surface area contributed by atoms with Gasteiger partial charge in [0.25, 0.3) is 0 Å². The molecule has 1 aliphatic heterocycles. The van der Waals surface area contributed by atoms with Crippen LogP contribution in [0.5, 0.6) is 0 Å². The van der Waals surface area contributed by atoms with Crippen LogP contribution >= 0.6 is 0 Å². The van der Waals surface area contributed by atoms with Crippen LogP contribution in [-0.4, -0.2) is 41.9 Å².